The van der Waals surface area contributed by atoms with Gasteiger partial charge >= 0.3 is 11.7 Å². The lowest BCUT2D eigenvalue weighted by atomic mass is 10.2. The van der Waals surface area contributed by atoms with Crippen LogP contribution in [0.5, 0.6) is 0 Å². The van der Waals surface area contributed by atoms with E-state index in [4.69, 9.17) is 0 Å². The molecule has 0 spiro atoms. The Morgan fingerprint density at radius 1 is 1.37 bits per heavy atom. The first kappa shape index (κ1) is 13.5. The van der Waals surface area contributed by atoms with Gasteiger partial charge in [-0.05, 0) is 19.8 Å². The van der Waals surface area contributed by atoms with Crippen LogP contribution in [-0.2, 0) is 33.8 Å². The number of carbonyl (C=O) groups excluding carboxylic acids is 2. The fourth-order valence-corrected chi connectivity index (χ4v) is 2.15. The van der Waals surface area contributed by atoms with Gasteiger partial charge in [-0.25, -0.2) is 9.48 Å². The summed E-state index contributed by atoms with van der Waals surface area (Å²) in [6.45, 7) is 2.40. The Bertz CT molecular complexity index is 544. The summed E-state index contributed by atoms with van der Waals surface area (Å²) in [5.41, 5.74) is -0.271. The van der Waals surface area contributed by atoms with E-state index in [1.165, 1.54) is 0 Å². The van der Waals surface area contributed by atoms with E-state index < -0.39 is 5.97 Å². The Kier molecular flexibility index (Phi) is 4.13. The zero-order valence-electron chi connectivity index (χ0n) is 10.9. The van der Waals surface area contributed by atoms with Crippen LogP contribution >= 0.6 is 0 Å². The van der Waals surface area contributed by atoms with Gasteiger partial charge in [-0.15, -0.1) is 0 Å². The van der Waals surface area contributed by atoms with Crippen LogP contribution in [0, 0.1) is 0 Å². The lowest BCUT2D eigenvalue weighted by Gasteiger charge is -2.09. The van der Waals surface area contributed by atoms with Crippen LogP contribution in [0.3, 0.4) is 0 Å². The largest absolute Gasteiger partial charge is 0.466 e. The first-order valence-electron chi connectivity index (χ1n) is 6.45. The Labute approximate surface area is 110 Å². The lowest BCUT2D eigenvalue weighted by molar-refractivity contribution is -0.145. The normalized spacial score (nSPS) is 13.9. The Morgan fingerprint density at radius 2 is 2.16 bits per heavy atom. The number of ether oxygens (including phenoxy) is 1. The number of aromatic nitrogens is 3. The molecule has 0 N–H and O–H groups in total. The number of nitrogens with zero attached hydrogens (tertiary/aromatic N) is 3. The number of fused-ring (bicyclic) bond motifs is 1. The van der Waals surface area contributed by atoms with Crippen molar-refractivity contribution in [3.63, 3.8) is 0 Å². The van der Waals surface area contributed by atoms with Crippen LogP contribution < -0.4 is 5.69 Å². The molecule has 104 valence electrons. The highest BCUT2D eigenvalue weighted by molar-refractivity contribution is 5.95. The van der Waals surface area contributed by atoms with Crippen molar-refractivity contribution in [3.05, 3.63) is 16.3 Å². The van der Waals surface area contributed by atoms with Gasteiger partial charge < -0.3 is 4.74 Å². The SMILES string of the molecule is CCOC(=O)CC(=O)Cn1nc2n(c1=O)CCCC2. The lowest BCUT2D eigenvalue weighted by Crippen LogP contribution is -2.29. The van der Waals surface area contributed by atoms with E-state index in [2.05, 4.69) is 9.84 Å². The van der Waals surface area contributed by atoms with Gasteiger partial charge in [0.1, 0.15) is 18.8 Å². The van der Waals surface area contributed by atoms with Gasteiger partial charge in [-0.1, -0.05) is 0 Å². The molecule has 1 aliphatic rings. The topological polar surface area (TPSA) is 83.2 Å². The minimum absolute atomic E-state index is 0.169. The summed E-state index contributed by atoms with van der Waals surface area (Å²) < 4.78 is 7.43. The van der Waals surface area contributed by atoms with Gasteiger partial charge in [0.2, 0.25) is 0 Å². The average Bonchev–Trinajstić information content (AvgIpc) is 2.67. The fourth-order valence-electron chi connectivity index (χ4n) is 2.15. The number of hydrogen-bond donors (Lipinski definition) is 0. The predicted molar refractivity (Wildman–Crippen MR) is 65.7 cm³/mol. The highest BCUT2D eigenvalue weighted by Gasteiger charge is 2.19. The molecule has 0 atom stereocenters. The number of esters is 1. The average molecular weight is 267 g/mol. The molecule has 1 aromatic rings. The van der Waals surface area contributed by atoms with Crippen LogP contribution in [0.25, 0.3) is 0 Å². The maximum absolute atomic E-state index is 12.0. The van der Waals surface area contributed by atoms with E-state index in [0.29, 0.717) is 6.54 Å². The molecule has 19 heavy (non-hydrogen) atoms. The third-order valence-electron chi connectivity index (χ3n) is 3.00. The minimum Gasteiger partial charge on any atom is -0.466 e. The van der Waals surface area contributed by atoms with Crippen LogP contribution in [0.1, 0.15) is 32.0 Å². The summed E-state index contributed by atoms with van der Waals surface area (Å²) in [5.74, 6) is -0.208. The van der Waals surface area contributed by atoms with Crippen molar-refractivity contribution in [2.45, 2.75) is 45.7 Å². The molecule has 7 heteroatoms. The Morgan fingerprint density at radius 3 is 2.84 bits per heavy atom. The molecule has 0 amide bonds. The molecule has 2 heterocycles. The standard InChI is InChI=1S/C12H17N3O4/c1-2-19-11(17)7-9(16)8-15-12(18)14-6-4-3-5-10(14)13-15/h2-8H2,1H3. The van der Waals surface area contributed by atoms with Gasteiger partial charge in [0.05, 0.1) is 6.61 Å². The minimum atomic E-state index is -0.565. The Hall–Kier alpha value is -1.92. The van der Waals surface area contributed by atoms with Crippen molar-refractivity contribution in [1.82, 2.24) is 14.3 Å². The van der Waals surface area contributed by atoms with Crippen molar-refractivity contribution in [3.8, 4) is 0 Å². The highest BCUT2D eigenvalue weighted by atomic mass is 16.5. The highest BCUT2D eigenvalue weighted by Crippen LogP contribution is 2.09. The molecule has 1 aliphatic heterocycles. The Balaban J connectivity index is 2.03. The number of aryl methyl sites for hydroxylation is 1. The number of hydrogen-bond acceptors (Lipinski definition) is 5. The second kappa shape index (κ2) is 5.81. The van der Waals surface area contributed by atoms with Gasteiger partial charge in [-0.2, -0.15) is 5.10 Å². The van der Waals surface area contributed by atoms with Crippen molar-refractivity contribution in [1.29, 1.82) is 0 Å². The van der Waals surface area contributed by atoms with Crippen molar-refractivity contribution < 1.29 is 14.3 Å². The zero-order chi connectivity index (χ0) is 13.8. The molecule has 0 aromatic carbocycles. The molecule has 7 nitrogen and oxygen atoms in total. The van der Waals surface area contributed by atoms with Gasteiger partial charge in [0.25, 0.3) is 0 Å². The summed E-state index contributed by atoms with van der Waals surface area (Å²) in [7, 11) is 0. The van der Waals surface area contributed by atoms with Gasteiger partial charge in [0, 0.05) is 13.0 Å². The summed E-state index contributed by atoms with van der Waals surface area (Å²) in [6.07, 6.45) is 2.40. The van der Waals surface area contributed by atoms with Crippen molar-refractivity contribution in [2.75, 3.05) is 6.61 Å². The second-order valence-corrected chi connectivity index (χ2v) is 4.49. The van der Waals surface area contributed by atoms with Crippen LogP contribution in [0.4, 0.5) is 0 Å². The number of ketones is 1. The number of carbonyl (C=O) groups is 2. The van der Waals surface area contributed by atoms with E-state index in [1.807, 2.05) is 0 Å². The first-order valence-corrected chi connectivity index (χ1v) is 6.45. The van der Waals surface area contributed by atoms with E-state index in [-0.39, 0.29) is 31.0 Å². The van der Waals surface area contributed by atoms with Crippen LogP contribution in [0.2, 0.25) is 0 Å². The zero-order valence-corrected chi connectivity index (χ0v) is 10.9. The molecule has 0 bridgehead atoms. The molecular weight excluding hydrogens is 250 g/mol. The predicted octanol–water partition coefficient (Wildman–Crippen LogP) is -0.0966. The smallest absolute Gasteiger partial charge is 0.346 e. The molecule has 2 rings (SSSR count). The fraction of sp³-hybridized carbons (Fsp3) is 0.667. The van der Waals surface area contributed by atoms with E-state index in [9.17, 15) is 14.4 Å². The van der Waals surface area contributed by atoms with E-state index in [1.54, 1.807) is 11.5 Å². The summed E-state index contributed by atoms with van der Waals surface area (Å²) >= 11 is 0. The maximum Gasteiger partial charge on any atom is 0.346 e. The first-order chi connectivity index (χ1) is 9.11. The number of rotatable bonds is 5. The van der Waals surface area contributed by atoms with Gasteiger partial charge in [-0.3, -0.25) is 14.2 Å². The monoisotopic (exact) mass is 267 g/mol. The summed E-state index contributed by atoms with van der Waals surface area (Å²) in [4.78, 5) is 34.8. The van der Waals surface area contributed by atoms with Crippen molar-refractivity contribution >= 4 is 11.8 Å². The maximum atomic E-state index is 12.0. The summed E-state index contributed by atoms with van der Waals surface area (Å²) in [5, 5.41) is 4.14. The molecule has 0 unspecified atom stereocenters. The quantitative estimate of drug-likeness (QED) is 0.549. The molecule has 0 saturated carbocycles. The second-order valence-electron chi connectivity index (χ2n) is 4.49. The van der Waals surface area contributed by atoms with E-state index in [0.717, 1.165) is 29.8 Å². The van der Waals surface area contributed by atoms with Crippen molar-refractivity contribution in [2.24, 2.45) is 0 Å². The van der Waals surface area contributed by atoms with Gasteiger partial charge in [0.15, 0.2) is 5.78 Å². The molecule has 0 radical (unpaired) electrons. The van der Waals surface area contributed by atoms with Crippen LogP contribution in [-0.4, -0.2) is 32.7 Å². The third kappa shape index (κ3) is 3.10. The summed E-state index contributed by atoms with van der Waals surface area (Å²) in [6, 6.07) is 0. The number of Topliss-reactive ketones (excluding diaryl/α,β-unsaturated/α-hetero) is 1. The molecule has 0 fully saturated rings. The third-order valence-corrected chi connectivity index (χ3v) is 3.00. The molecule has 1 aromatic heterocycles. The van der Waals surface area contributed by atoms with E-state index >= 15 is 0 Å². The molecular formula is C12H17N3O4. The molecule has 0 aliphatic carbocycles. The molecule has 0 saturated heterocycles. The van der Waals surface area contributed by atoms with Crippen LogP contribution in [0.15, 0.2) is 4.79 Å².